The molecule has 5 aliphatic rings. The molecular formula is C45H62N2O2S. The summed E-state index contributed by atoms with van der Waals surface area (Å²) in [5.74, 6) is 2.47. The van der Waals surface area contributed by atoms with E-state index in [4.69, 9.17) is 4.98 Å². The van der Waals surface area contributed by atoms with Crippen LogP contribution in [-0.2, 0) is 6.42 Å². The lowest BCUT2D eigenvalue weighted by Gasteiger charge is -2.72. The van der Waals surface area contributed by atoms with Crippen LogP contribution in [-0.4, -0.2) is 34.4 Å². The molecule has 4 saturated carbocycles. The number of aromatic nitrogens is 1. The van der Waals surface area contributed by atoms with Crippen LogP contribution in [0.1, 0.15) is 127 Å². The summed E-state index contributed by atoms with van der Waals surface area (Å²) >= 11 is 1.76. The number of nitrogens with zero attached hydrogens (tertiary/aromatic N) is 1. The summed E-state index contributed by atoms with van der Waals surface area (Å²) in [6.07, 6.45) is 20.4. The minimum absolute atomic E-state index is 0.0332. The van der Waals surface area contributed by atoms with E-state index >= 15 is 0 Å². The van der Waals surface area contributed by atoms with Crippen molar-refractivity contribution in [2.45, 2.75) is 123 Å². The Morgan fingerprint density at radius 2 is 1.70 bits per heavy atom. The molecule has 7 rings (SSSR count). The molecule has 4 fully saturated rings. The van der Waals surface area contributed by atoms with Gasteiger partial charge < -0.3 is 10.4 Å². The van der Waals surface area contributed by atoms with Crippen molar-refractivity contribution in [1.82, 2.24) is 10.3 Å². The molecule has 50 heavy (non-hydrogen) atoms. The molecule has 5 heteroatoms. The molecule has 0 radical (unpaired) electrons. The van der Waals surface area contributed by atoms with E-state index in [1.165, 1.54) is 78.7 Å². The number of pyridine rings is 1. The number of fused-ring (bicyclic) bond motifs is 7. The summed E-state index contributed by atoms with van der Waals surface area (Å²) in [7, 11) is 0. The summed E-state index contributed by atoms with van der Waals surface area (Å²) in [5, 5.41) is 13.8. The highest BCUT2D eigenvalue weighted by atomic mass is 32.2. The first-order valence-corrected chi connectivity index (χ1v) is 20.9. The maximum atomic E-state index is 11.6. The first-order valence-electron chi connectivity index (χ1n) is 19.6. The Balaban J connectivity index is 1.13. The zero-order valence-corrected chi connectivity index (χ0v) is 32.7. The Kier molecular flexibility index (Phi) is 9.32. The molecule has 0 aliphatic heterocycles. The van der Waals surface area contributed by atoms with Crippen molar-refractivity contribution in [2.24, 2.45) is 51.2 Å². The van der Waals surface area contributed by atoms with Gasteiger partial charge in [-0.05, 0) is 177 Å². The third kappa shape index (κ3) is 5.49. The minimum Gasteiger partial charge on any atom is -0.478 e. The number of carboxylic acids is 1. The molecule has 2 aromatic rings. The molecule has 2 N–H and O–H groups in total. The van der Waals surface area contributed by atoms with Crippen LogP contribution in [0.5, 0.6) is 0 Å². The Bertz CT molecular complexity index is 1650. The quantitative estimate of drug-likeness (QED) is 0.155. The highest BCUT2D eigenvalue weighted by Crippen LogP contribution is 2.76. The second kappa shape index (κ2) is 12.9. The number of hydrogen-bond acceptors (Lipinski definition) is 4. The van der Waals surface area contributed by atoms with Gasteiger partial charge in [-0.15, -0.1) is 11.8 Å². The van der Waals surface area contributed by atoms with Gasteiger partial charge >= 0.3 is 5.97 Å². The third-order valence-corrected chi connectivity index (χ3v) is 16.9. The molecule has 0 saturated heterocycles. The van der Waals surface area contributed by atoms with Gasteiger partial charge in [-0.2, -0.15) is 0 Å². The molecule has 1 aromatic carbocycles. The first kappa shape index (κ1) is 36.0. The number of aromatic carboxylic acids is 1. The van der Waals surface area contributed by atoms with E-state index in [0.717, 1.165) is 31.7 Å². The summed E-state index contributed by atoms with van der Waals surface area (Å²) < 4.78 is 0. The smallest absolute Gasteiger partial charge is 0.335 e. The highest BCUT2D eigenvalue weighted by molar-refractivity contribution is 7.98. The maximum Gasteiger partial charge on any atom is 0.335 e. The van der Waals surface area contributed by atoms with Crippen LogP contribution in [0.15, 0.2) is 65.7 Å². The van der Waals surface area contributed by atoms with Gasteiger partial charge in [0.2, 0.25) is 0 Å². The lowest BCUT2D eigenvalue weighted by molar-refractivity contribution is -0.219. The predicted molar refractivity (Wildman–Crippen MR) is 208 cm³/mol. The number of benzene rings is 1. The largest absolute Gasteiger partial charge is 0.478 e. The molecule has 5 aliphatic carbocycles. The highest BCUT2D eigenvalue weighted by Gasteiger charge is 2.70. The number of carboxylic acid groups (broad SMARTS) is 1. The standard InChI is InChI=1S/C45H62N2O2S/c1-29(2)34-19-24-45(47-27-9-10-32-15-16-33(50-8)28-46-32)26-25-43(6)36(39(34)45)17-18-38-42(5)22-20-35(30-11-13-31(14-12-30)40(48)49)41(3,4)37(42)21-23-44(38,43)7/h11-16,20,28,34,36-39,47H,1,9-10,17-19,21-27H2,2-8H3,(H,48,49)/t34-,36+,37-,38+,39+,42-,43+,44+,45-/m0/s1. The number of nitrogens with one attached hydrogen (secondary N) is 1. The third-order valence-electron chi connectivity index (χ3n) is 16.2. The van der Waals surface area contributed by atoms with Gasteiger partial charge in [0.1, 0.15) is 0 Å². The second-order valence-corrected chi connectivity index (χ2v) is 19.4. The molecule has 0 amide bonds. The molecule has 0 spiro atoms. The van der Waals surface area contributed by atoms with Crippen molar-refractivity contribution in [1.29, 1.82) is 0 Å². The topological polar surface area (TPSA) is 62.2 Å². The Hall–Kier alpha value is -2.37. The van der Waals surface area contributed by atoms with Gasteiger partial charge in [0.25, 0.3) is 0 Å². The lowest BCUT2D eigenvalue weighted by atomic mass is 9.33. The monoisotopic (exact) mass is 694 g/mol. The van der Waals surface area contributed by atoms with Crippen LogP contribution in [0.3, 0.4) is 0 Å². The van der Waals surface area contributed by atoms with E-state index in [1.54, 1.807) is 23.9 Å². The second-order valence-electron chi connectivity index (χ2n) is 18.5. The molecule has 1 heterocycles. The van der Waals surface area contributed by atoms with Crippen LogP contribution in [0, 0.1) is 51.2 Å². The Morgan fingerprint density at radius 3 is 2.36 bits per heavy atom. The molecule has 1 aromatic heterocycles. The van der Waals surface area contributed by atoms with E-state index in [-0.39, 0.29) is 16.4 Å². The van der Waals surface area contributed by atoms with Crippen molar-refractivity contribution in [3.8, 4) is 0 Å². The average molecular weight is 695 g/mol. The SMILES string of the molecule is C=C(C)[C@@H]1CC[C@]2(NCCCc3ccc(SC)cn3)CC[C@]3(C)[C@H](CC[C@@H]4[C@@]5(C)CC=C(c6ccc(C(=O)O)cc6)C(C)(C)[C@@H]5CC[C@]43C)[C@@H]12. The van der Waals surface area contributed by atoms with E-state index in [1.807, 2.05) is 18.3 Å². The molecule has 0 unspecified atom stereocenters. The summed E-state index contributed by atoms with van der Waals surface area (Å²) in [5.41, 5.74) is 6.75. The van der Waals surface area contributed by atoms with Gasteiger partial charge in [0.05, 0.1) is 5.56 Å². The predicted octanol–water partition coefficient (Wildman–Crippen LogP) is 11.1. The van der Waals surface area contributed by atoms with E-state index in [0.29, 0.717) is 40.1 Å². The molecular weight excluding hydrogens is 633 g/mol. The van der Waals surface area contributed by atoms with Gasteiger partial charge in [-0.25, -0.2) is 4.79 Å². The van der Waals surface area contributed by atoms with Gasteiger partial charge in [-0.3, -0.25) is 4.98 Å². The number of hydrogen-bond donors (Lipinski definition) is 2. The van der Waals surface area contributed by atoms with E-state index < -0.39 is 5.97 Å². The van der Waals surface area contributed by atoms with Crippen LogP contribution in [0.25, 0.3) is 5.57 Å². The fraction of sp³-hybridized carbons (Fsp3) is 0.644. The van der Waals surface area contributed by atoms with Crippen LogP contribution >= 0.6 is 11.8 Å². The number of aryl methyl sites for hydroxylation is 1. The van der Waals surface area contributed by atoms with Crippen molar-refractivity contribution in [2.75, 3.05) is 12.8 Å². The van der Waals surface area contributed by atoms with E-state index in [9.17, 15) is 9.90 Å². The fourth-order valence-corrected chi connectivity index (χ4v) is 14.0. The summed E-state index contributed by atoms with van der Waals surface area (Å²) in [6.45, 7) is 21.1. The molecule has 9 atom stereocenters. The summed E-state index contributed by atoms with van der Waals surface area (Å²) in [6, 6.07) is 12.1. The molecule has 0 bridgehead atoms. The zero-order chi connectivity index (χ0) is 35.7. The van der Waals surface area contributed by atoms with Crippen molar-refractivity contribution in [3.05, 3.63) is 77.6 Å². The van der Waals surface area contributed by atoms with Gasteiger partial charge in [-0.1, -0.05) is 65.0 Å². The average Bonchev–Trinajstić information content (AvgIpc) is 3.47. The van der Waals surface area contributed by atoms with Crippen molar-refractivity contribution in [3.63, 3.8) is 0 Å². The zero-order valence-electron chi connectivity index (χ0n) is 31.9. The van der Waals surface area contributed by atoms with Crippen LogP contribution in [0.2, 0.25) is 0 Å². The van der Waals surface area contributed by atoms with Crippen molar-refractivity contribution >= 4 is 23.3 Å². The van der Waals surface area contributed by atoms with Gasteiger partial charge in [0.15, 0.2) is 0 Å². The minimum atomic E-state index is -0.856. The Morgan fingerprint density at radius 1 is 0.940 bits per heavy atom. The normalized spacial score (nSPS) is 38.6. The van der Waals surface area contributed by atoms with E-state index in [2.05, 4.69) is 77.9 Å². The fourth-order valence-electron chi connectivity index (χ4n) is 13.6. The number of carbonyl (C=O) groups is 1. The van der Waals surface area contributed by atoms with Crippen LogP contribution in [0.4, 0.5) is 0 Å². The Labute approximate surface area is 306 Å². The van der Waals surface area contributed by atoms with Gasteiger partial charge in [0, 0.05) is 22.3 Å². The molecule has 270 valence electrons. The molecule has 4 nitrogen and oxygen atoms in total. The maximum absolute atomic E-state index is 11.6. The number of thioether (sulfide) groups is 1. The van der Waals surface area contributed by atoms with Crippen LogP contribution < -0.4 is 5.32 Å². The lowest BCUT2D eigenvalue weighted by Crippen LogP contribution is -2.68. The van der Waals surface area contributed by atoms with Crippen molar-refractivity contribution < 1.29 is 9.90 Å². The number of rotatable bonds is 9. The number of allylic oxidation sites excluding steroid dienone is 3. The summed E-state index contributed by atoms with van der Waals surface area (Å²) in [4.78, 5) is 17.5. The first-order chi connectivity index (χ1) is 23.7.